The van der Waals surface area contributed by atoms with Crippen molar-refractivity contribution < 1.29 is 14.7 Å². The van der Waals surface area contributed by atoms with Crippen molar-refractivity contribution in [3.63, 3.8) is 0 Å². The number of fused-ring (bicyclic) bond motifs is 1. The minimum absolute atomic E-state index is 0.0145. The first-order chi connectivity index (χ1) is 10.0. The molecular weight excluding hydrogens is 264 g/mol. The number of carbonyl (C=O) groups excluding carboxylic acids is 2. The van der Waals surface area contributed by atoms with Crippen LogP contribution in [-0.2, 0) is 0 Å². The van der Waals surface area contributed by atoms with Gasteiger partial charge in [0.1, 0.15) is 11.7 Å². The standard InChI is InChI=1S/C18H16O3/c1-10(2)11-7-8-14(15(19)9-11)16-17(20)12-5-3-4-6-13(12)18(16)21/h3-10,16,19H,1-2H3. The maximum Gasteiger partial charge on any atom is 0.178 e. The van der Waals surface area contributed by atoms with E-state index in [1.54, 1.807) is 36.4 Å². The lowest BCUT2D eigenvalue weighted by molar-refractivity contribution is 0.0888. The lowest BCUT2D eigenvalue weighted by Gasteiger charge is -2.13. The van der Waals surface area contributed by atoms with Crippen LogP contribution in [0.5, 0.6) is 5.75 Å². The molecule has 0 saturated heterocycles. The van der Waals surface area contributed by atoms with E-state index in [0.717, 1.165) is 5.56 Å². The molecule has 3 heteroatoms. The van der Waals surface area contributed by atoms with E-state index in [0.29, 0.717) is 16.7 Å². The predicted molar refractivity (Wildman–Crippen MR) is 80.0 cm³/mol. The van der Waals surface area contributed by atoms with Gasteiger partial charge in [-0.1, -0.05) is 50.2 Å². The highest BCUT2D eigenvalue weighted by Gasteiger charge is 2.40. The molecule has 0 bridgehead atoms. The van der Waals surface area contributed by atoms with Crippen LogP contribution in [0.3, 0.4) is 0 Å². The van der Waals surface area contributed by atoms with Gasteiger partial charge in [-0.15, -0.1) is 0 Å². The zero-order valence-corrected chi connectivity index (χ0v) is 12.0. The van der Waals surface area contributed by atoms with Crippen LogP contribution in [0.25, 0.3) is 0 Å². The lowest BCUT2D eigenvalue weighted by atomic mass is 9.91. The molecular formula is C18H16O3. The second-order valence-corrected chi connectivity index (χ2v) is 5.68. The van der Waals surface area contributed by atoms with Crippen molar-refractivity contribution in [2.24, 2.45) is 0 Å². The number of benzene rings is 2. The molecule has 0 aliphatic heterocycles. The van der Waals surface area contributed by atoms with Gasteiger partial charge in [0.05, 0.1) is 0 Å². The molecule has 0 spiro atoms. The minimum atomic E-state index is -0.913. The monoisotopic (exact) mass is 280 g/mol. The normalized spacial score (nSPS) is 14.8. The Hall–Kier alpha value is -2.42. The topological polar surface area (TPSA) is 54.4 Å². The van der Waals surface area contributed by atoms with Gasteiger partial charge in [-0.05, 0) is 17.5 Å². The average Bonchev–Trinajstić information content (AvgIpc) is 2.72. The number of aromatic hydroxyl groups is 1. The lowest BCUT2D eigenvalue weighted by Crippen LogP contribution is -2.13. The highest BCUT2D eigenvalue weighted by Crippen LogP contribution is 2.38. The Morgan fingerprint density at radius 1 is 0.952 bits per heavy atom. The number of hydrogen-bond acceptors (Lipinski definition) is 3. The minimum Gasteiger partial charge on any atom is -0.508 e. The number of Topliss-reactive ketones (excluding diaryl/α,β-unsaturated/α-hetero) is 2. The summed E-state index contributed by atoms with van der Waals surface area (Å²) in [5.74, 6) is -1.09. The number of ketones is 2. The van der Waals surface area contributed by atoms with Gasteiger partial charge in [0.15, 0.2) is 11.6 Å². The van der Waals surface area contributed by atoms with Crippen LogP contribution in [-0.4, -0.2) is 16.7 Å². The summed E-state index contributed by atoms with van der Waals surface area (Å²) in [6, 6.07) is 12.0. The smallest absolute Gasteiger partial charge is 0.178 e. The fraction of sp³-hybridized carbons (Fsp3) is 0.222. The summed E-state index contributed by atoms with van der Waals surface area (Å²) in [6.07, 6.45) is 0. The van der Waals surface area contributed by atoms with E-state index in [1.165, 1.54) is 0 Å². The fourth-order valence-corrected chi connectivity index (χ4v) is 2.79. The third-order valence-electron chi connectivity index (χ3n) is 4.01. The van der Waals surface area contributed by atoms with Gasteiger partial charge in [0.2, 0.25) is 0 Å². The van der Waals surface area contributed by atoms with E-state index in [1.807, 2.05) is 19.9 Å². The fourth-order valence-electron chi connectivity index (χ4n) is 2.79. The molecule has 3 nitrogen and oxygen atoms in total. The molecule has 2 aromatic carbocycles. The van der Waals surface area contributed by atoms with Crippen LogP contribution in [0.2, 0.25) is 0 Å². The molecule has 106 valence electrons. The van der Waals surface area contributed by atoms with Crippen LogP contribution < -0.4 is 0 Å². The second kappa shape index (κ2) is 4.85. The molecule has 0 fully saturated rings. The van der Waals surface area contributed by atoms with Crippen LogP contribution >= 0.6 is 0 Å². The Kier molecular flexibility index (Phi) is 3.13. The van der Waals surface area contributed by atoms with Gasteiger partial charge in [0, 0.05) is 16.7 Å². The number of hydrogen-bond donors (Lipinski definition) is 1. The molecule has 0 heterocycles. The van der Waals surface area contributed by atoms with E-state index in [-0.39, 0.29) is 23.2 Å². The molecule has 21 heavy (non-hydrogen) atoms. The Morgan fingerprint density at radius 2 is 1.52 bits per heavy atom. The van der Waals surface area contributed by atoms with Crippen molar-refractivity contribution in [3.05, 3.63) is 64.7 Å². The maximum atomic E-state index is 12.4. The van der Waals surface area contributed by atoms with Gasteiger partial charge < -0.3 is 5.11 Å². The first-order valence-electron chi connectivity index (χ1n) is 7.01. The van der Waals surface area contributed by atoms with Crippen LogP contribution in [0, 0.1) is 0 Å². The van der Waals surface area contributed by atoms with Crippen molar-refractivity contribution in [1.29, 1.82) is 0 Å². The molecule has 0 aromatic heterocycles. The Bertz CT molecular complexity index is 709. The Labute approximate surface area is 123 Å². The number of phenolic OH excluding ortho intramolecular Hbond substituents is 1. The van der Waals surface area contributed by atoms with Gasteiger partial charge in [-0.2, -0.15) is 0 Å². The summed E-state index contributed by atoms with van der Waals surface area (Å²) >= 11 is 0. The molecule has 0 atom stereocenters. The Balaban J connectivity index is 2.07. The quantitative estimate of drug-likeness (QED) is 0.854. The summed E-state index contributed by atoms with van der Waals surface area (Å²) in [6.45, 7) is 4.05. The highest BCUT2D eigenvalue weighted by molar-refractivity contribution is 6.29. The van der Waals surface area contributed by atoms with Crippen LogP contribution in [0.15, 0.2) is 42.5 Å². The van der Waals surface area contributed by atoms with Crippen molar-refractivity contribution >= 4 is 11.6 Å². The maximum absolute atomic E-state index is 12.4. The van der Waals surface area contributed by atoms with E-state index >= 15 is 0 Å². The van der Waals surface area contributed by atoms with E-state index < -0.39 is 5.92 Å². The third kappa shape index (κ3) is 2.05. The number of carbonyl (C=O) groups is 2. The summed E-state index contributed by atoms with van der Waals surface area (Å²) in [4.78, 5) is 24.9. The molecule has 3 rings (SSSR count). The molecule has 0 unspecified atom stereocenters. The van der Waals surface area contributed by atoms with Crippen molar-refractivity contribution in [2.75, 3.05) is 0 Å². The summed E-state index contributed by atoms with van der Waals surface area (Å²) in [5.41, 5.74) is 2.26. The van der Waals surface area contributed by atoms with Crippen molar-refractivity contribution in [2.45, 2.75) is 25.7 Å². The van der Waals surface area contributed by atoms with Crippen LogP contribution in [0.1, 0.15) is 57.5 Å². The average molecular weight is 280 g/mol. The predicted octanol–water partition coefficient (Wildman–Crippen LogP) is 3.68. The number of rotatable bonds is 2. The van der Waals surface area contributed by atoms with Gasteiger partial charge in [-0.25, -0.2) is 0 Å². The highest BCUT2D eigenvalue weighted by atomic mass is 16.3. The number of phenols is 1. The van der Waals surface area contributed by atoms with E-state index in [9.17, 15) is 14.7 Å². The molecule has 1 aliphatic rings. The second-order valence-electron chi connectivity index (χ2n) is 5.68. The Morgan fingerprint density at radius 3 is 2.00 bits per heavy atom. The van der Waals surface area contributed by atoms with E-state index in [2.05, 4.69) is 0 Å². The van der Waals surface area contributed by atoms with Crippen LogP contribution in [0.4, 0.5) is 0 Å². The zero-order valence-electron chi connectivity index (χ0n) is 12.0. The first-order valence-corrected chi connectivity index (χ1v) is 7.01. The third-order valence-corrected chi connectivity index (χ3v) is 4.01. The molecule has 0 saturated carbocycles. The zero-order chi connectivity index (χ0) is 15.1. The SMILES string of the molecule is CC(C)c1ccc(C2C(=O)c3ccccc3C2=O)c(O)c1. The van der Waals surface area contributed by atoms with Gasteiger partial charge in [-0.3, -0.25) is 9.59 Å². The largest absolute Gasteiger partial charge is 0.508 e. The molecule has 0 amide bonds. The summed E-state index contributed by atoms with van der Waals surface area (Å²) < 4.78 is 0. The first kappa shape index (κ1) is 13.6. The summed E-state index contributed by atoms with van der Waals surface area (Å²) in [5, 5.41) is 10.2. The van der Waals surface area contributed by atoms with Crippen molar-refractivity contribution in [1.82, 2.24) is 0 Å². The molecule has 0 radical (unpaired) electrons. The van der Waals surface area contributed by atoms with Gasteiger partial charge >= 0.3 is 0 Å². The van der Waals surface area contributed by atoms with Crippen molar-refractivity contribution in [3.8, 4) is 5.75 Å². The molecule has 2 aromatic rings. The summed E-state index contributed by atoms with van der Waals surface area (Å²) in [7, 11) is 0. The van der Waals surface area contributed by atoms with E-state index in [4.69, 9.17) is 0 Å². The molecule has 1 aliphatic carbocycles. The molecule has 1 N–H and O–H groups in total. The van der Waals surface area contributed by atoms with Gasteiger partial charge in [0.25, 0.3) is 0 Å².